The molecule has 2 aliphatic rings. The van der Waals surface area contributed by atoms with E-state index in [2.05, 4.69) is 82.4 Å². The largest absolute Gasteiger partial charge is 0.481 e. The van der Waals surface area contributed by atoms with Gasteiger partial charge in [0.25, 0.3) is 0 Å². The second kappa shape index (κ2) is 9.75. The molecule has 3 aromatic heterocycles. The Balaban J connectivity index is 1.92. The fourth-order valence-corrected chi connectivity index (χ4v) is 5.95. The number of rotatable bonds is 5. The molecule has 0 amide bonds. The third kappa shape index (κ3) is 4.28. The molecule has 0 saturated heterocycles. The van der Waals surface area contributed by atoms with Crippen LogP contribution in [0.25, 0.3) is 39.3 Å². The van der Waals surface area contributed by atoms with Crippen LogP contribution in [0.2, 0.25) is 0 Å². The van der Waals surface area contributed by atoms with E-state index < -0.39 is 5.97 Å². The van der Waals surface area contributed by atoms with Crippen molar-refractivity contribution in [3.8, 4) is 0 Å². The molecule has 8 bridgehead atoms. The van der Waals surface area contributed by atoms with Crippen molar-refractivity contribution in [3.63, 3.8) is 0 Å². The molecule has 0 spiro atoms. The second-order valence-electron chi connectivity index (χ2n) is 10.6. The highest BCUT2D eigenvalue weighted by Crippen LogP contribution is 2.42. The number of H-pyrrole nitrogens is 2. The summed E-state index contributed by atoms with van der Waals surface area (Å²) >= 11 is 0. The number of carboxylic acid groups (broad SMARTS) is 1. The Labute approximate surface area is 223 Å². The highest BCUT2D eigenvalue weighted by Gasteiger charge is 2.31. The summed E-state index contributed by atoms with van der Waals surface area (Å²) in [5, 5.41) is 9.44. The van der Waals surface area contributed by atoms with Gasteiger partial charge in [-0.2, -0.15) is 0 Å². The predicted octanol–water partition coefficient (Wildman–Crippen LogP) is 7.98. The number of carbonyl (C=O) groups is 1. The van der Waals surface area contributed by atoms with Gasteiger partial charge in [0.2, 0.25) is 0 Å². The average Bonchev–Trinajstić information content (AvgIpc) is 3.57. The van der Waals surface area contributed by atoms with Crippen LogP contribution in [-0.2, 0) is 4.79 Å². The summed E-state index contributed by atoms with van der Waals surface area (Å²) < 4.78 is 0. The molecule has 0 aliphatic carbocycles. The molecule has 5 rings (SSSR count). The van der Waals surface area contributed by atoms with E-state index in [1.807, 2.05) is 6.08 Å². The lowest BCUT2D eigenvalue weighted by atomic mass is 9.86. The summed E-state index contributed by atoms with van der Waals surface area (Å²) in [5.41, 5.74) is 14.7. The lowest BCUT2D eigenvalue weighted by Crippen LogP contribution is -2.06. The molecule has 3 N–H and O–H groups in total. The minimum Gasteiger partial charge on any atom is -0.481 e. The molecule has 0 aromatic carbocycles. The monoisotopic (exact) mass is 508 g/mol. The van der Waals surface area contributed by atoms with Crippen molar-refractivity contribution in [2.45, 2.75) is 72.6 Å². The fraction of sp³-hybridized carbons (Fsp3) is 0.344. The normalized spacial score (nSPS) is 17.2. The van der Waals surface area contributed by atoms with E-state index in [1.54, 1.807) is 0 Å². The number of aliphatic carboxylic acids is 1. The zero-order valence-electron chi connectivity index (χ0n) is 23.1. The van der Waals surface area contributed by atoms with Crippen molar-refractivity contribution < 1.29 is 9.90 Å². The third-order valence-corrected chi connectivity index (χ3v) is 8.35. The van der Waals surface area contributed by atoms with Gasteiger partial charge in [-0.15, -0.1) is 0 Å². The number of aryl methyl sites for hydroxylation is 3. The number of nitrogens with one attached hydrogen (secondary N) is 2. The number of aromatic nitrogens is 4. The highest BCUT2D eigenvalue weighted by molar-refractivity contribution is 5.93. The summed E-state index contributed by atoms with van der Waals surface area (Å²) in [6.45, 7) is 16.8. The van der Waals surface area contributed by atoms with E-state index in [9.17, 15) is 9.90 Å². The van der Waals surface area contributed by atoms with Crippen LogP contribution >= 0.6 is 0 Å². The zero-order chi connectivity index (χ0) is 27.3. The van der Waals surface area contributed by atoms with E-state index in [4.69, 9.17) is 9.97 Å². The molecule has 2 aliphatic heterocycles. The first-order valence-electron chi connectivity index (χ1n) is 13.4. The van der Waals surface area contributed by atoms with Crippen molar-refractivity contribution in [1.82, 2.24) is 19.9 Å². The number of fused-ring (bicyclic) bond motifs is 8. The molecule has 0 saturated carbocycles. The minimum atomic E-state index is -0.781. The van der Waals surface area contributed by atoms with E-state index in [0.717, 1.165) is 73.5 Å². The predicted molar refractivity (Wildman–Crippen MR) is 156 cm³/mol. The quantitative estimate of drug-likeness (QED) is 0.326. The van der Waals surface area contributed by atoms with Gasteiger partial charge < -0.3 is 15.1 Å². The summed E-state index contributed by atoms with van der Waals surface area (Å²) in [5.74, 6) is -0.665. The van der Waals surface area contributed by atoms with E-state index in [0.29, 0.717) is 6.42 Å². The maximum absolute atomic E-state index is 11.5. The molecular formula is C32H36N4O2. The van der Waals surface area contributed by atoms with Gasteiger partial charge >= 0.3 is 5.97 Å². The Hall–Kier alpha value is -3.93. The smallest absolute Gasteiger partial charge is 0.303 e. The standard InChI is InChI=1S/C32H36N4O2/c1-8-21-18(5)27-15-30-22(9-2)17(4)26(34-30)14-28-19(6)23(10-11-31(37)38)32(36-28)20(7)25-12-16(3)24(33-25)13-29(21)35-27/h9,12-15,19,23,33-34H,2,8,10-11H2,1,3-7H3,(H,37,38)/t19-,23-/m0/s1. The molecule has 0 fully saturated rings. The molecule has 5 heterocycles. The second-order valence-corrected chi connectivity index (χ2v) is 10.6. The fourth-order valence-electron chi connectivity index (χ4n) is 5.95. The van der Waals surface area contributed by atoms with Crippen LogP contribution in [0, 0.1) is 20.8 Å². The van der Waals surface area contributed by atoms with Gasteiger partial charge in [-0.1, -0.05) is 26.5 Å². The lowest BCUT2D eigenvalue weighted by molar-refractivity contribution is -0.137. The highest BCUT2D eigenvalue weighted by atomic mass is 16.4. The van der Waals surface area contributed by atoms with Crippen LogP contribution in [0.5, 0.6) is 0 Å². The van der Waals surface area contributed by atoms with Crippen LogP contribution in [-0.4, -0.2) is 31.0 Å². The van der Waals surface area contributed by atoms with Gasteiger partial charge in [0.15, 0.2) is 0 Å². The first-order chi connectivity index (χ1) is 18.1. The Morgan fingerprint density at radius 3 is 2.34 bits per heavy atom. The van der Waals surface area contributed by atoms with Crippen molar-refractivity contribution in [1.29, 1.82) is 0 Å². The number of hydrogen-bond donors (Lipinski definition) is 3. The van der Waals surface area contributed by atoms with Crippen molar-refractivity contribution in [3.05, 3.63) is 75.9 Å². The maximum Gasteiger partial charge on any atom is 0.303 e. The lowest BCUT2D eigenvalue weighted by Gasteiger charge is -2.16. The number of carboxylic acids is 1. The first-order valence-corrected chi connectivity index (χ1v) is 13.4. The molecule has 38 heavy (non-hydrogen) atoms. The summed E-state index contributed by atoms with van der Waals surface area (Å²) in [7, 11) is 0. The van der Waals surface area contributed by atoms with Gasteiger partial charge in [0.05, 0.1) is 11.4 Å². The Kier molecular flexibility index (Phi) is 6.59. The third-order valence-electron chi connectivity index (χ3n) is 8.35. The number of nitrogens with zero attached hydrogens (tertiary/aromatic N) is 2. The molecule has 6 nitrogen and oxygen atoms in total. The van der Waals surface area contributed by atoms with Crippen molar-refractivity contribution in [2.24, 2.45) is 0 Å². The van der Waals surface area contributed by atoms with E-state index >= 15 is 0 Å². The number of allylic oxidation sites excluding steroid dienone is 2. The van der Waals surface area contributed by atoms with Crippen molar-refractivity contribution >= 4 is 45.3 Å². The van der Waals surface area contributed by atoms with Gasteiger partial charge in [0.1, 0.15) is 0 Å². The Bertz CT molecular complexity index is 1670. The SMILES string of the molecule is C=Cc1c(C)c2cc3nc(c(C)c4cc(C)c(cc5nc(cc1[nH]2)C(C)=C5CC)[nH]4)[C@@H](CCC(=O)O)[C@@H]3C. The minimum absolute atomic E-state index is 0.0254. The molecule has 3 aromatic rings. The maximum atomic E-state index is 11.5. The van der Waals surface area contributed by atoms with Crippen LogP contribution in [0.15, 0.2) is 30.8 Å². The van der Waals surface area contributed by atoms with Crippen LogP contribution in [0.1, 0.15) is 96.9 Å². The Morgan fingerprint density at radius 2 is 1.66 bits per heavy atom. The van der Waals surface area contributed by atoms with Crippen LogP contribution in [0.3, 0.4) is 0 Å². The van der Waals surface area contributed by atoms with Crippen molar-refractivity contribution in [2.75, 3.05) is 0 Å². The topological polar surface area (TPSA) is 94.7 Å². The van der Waals surface area contributed by atoms with Crippen LogP contribution in [0.4, 0.5) is 0 Å². The summed E-state index contributed by atoms with van der Waals surface area (Å²) in [6.07, 6.45) is 3.44. The molecule has 0 radical (unpaired) electrons. The van der Waals surface area contributed by atoms with Gasteiger partial charge in [-0.3, -0.25) is 9.78 Å². The first kappa shape index (κ1) is 25.7. The molecule has 196 valence electrons. The van der Waals surface area contributed by atoms with E-state index in [1.165, 1.54) is 11.1 Å². The van der Waals surface area contributed by atoms with Crippen LogP contribution < -0.4 is 0 Å². The average molecular weight is 509 g/mol. The summed E-state index contributed by atoms with van der Waals surface area (Å²) in [6, 6.07) is 8.55. The zero-order valence-corrected chi connectivity index (χ0v) is 23.1. The van der Waals surface area contributed by atoms with Gasteiger partial charge in [-0.05, 0) is 92.6 Å². The molecule has 6 heteroatoms. The number of aromatic amines is 2. The molecule has 2 atom stereocenters. The molecule has 0 unspecified atom stereocenters. The Morgan fingerprint density at radius 1 is 0.974 bits per heavy atom. The summed E-state index contributed by atoms with van der Waals surface area (Å²) in [4.78, 5) is 28.9. The number of hydrogen-bond acceptors (Lipinski definition) is 3. The van der Waals surface area contributed by atoms with Gasteiger partial charge in [-0.25, -0.2) is 4.98 Å². The van der Waals surface area contributed by atoms with E-state index in [-0.39, 0.29) is 18.3 Å². The van der Waals surface area contributed by atoms with Gasteiger partial charge in [0, 0.05) is 57.3 Å². The molecular weight excluding hydrogens is 472 g/mol.